The molecule has 2 aromatic heterocycles. The van der Waals surface area contributed by atoms with Gasteiger partial charge in [0, 0.05) is 25.0 Å². The fourth-order valence-electron chi connectivity index (χ4n) is 3.87. The Morgan fingerprint density at radius 3 is 2.70 bits per heavy atom. The van der Waals surface area contributed by atoms with Crippen molar-refractivity contribution in [1.82, 2.24) is 14.3 Å². The Kier molecular flexibility index (Phi) is 5.90. The highest BCUT2D eigenvalue weighted by molar-refractivity contribution is 6.07. The monoisotopic (exact) mass is 408 g/mol. The summed E-state index contributed by atoms with van der Waals surface area (Å²) in [5, 5.41) is 7.32. The predicted octanol–water partition coefficient (Wildman–Crippen LogP) is 4.03. The molecule has 30 heavy (non-hydrogen) atoms. The summed E-state index contributed by atoms with van der Waals surface area (Å²) in [7, 11) is 1.84. The number of carbonyl (C=O) groups excluding carboxylic acids is 1. The van der Waals surface area contributed by atoms with Gasteiger partial charge < -0.3 is 19.4 Å². The van der Waals surface area contributed by atoms with Crippen molar-refractivity contribution in [3.8, 4) is 11.6 Å². The number of amides is 1. The molecule has 0 radical (unpaired) electrons. The Hall–Kier alpha value is -3.06. The van der Waals surface area contributed by atoms with Crippen LogP contribution in [0.2, 0.25) is 0 Å². The van der Waals surface area contributed by atoms with Gasteiger partial charge in [0.05, 0.1) is 18.0 Å². The molecule has 158 valence electrons. The molecule has 1 atom stereocenters. The van der Waals surface area contributed by atoms with Gasteiger partial charge in [-0.1, -0.05) is 12.1 Å². The Morgan fingerprint density at radius 1 is 1.20 bits per heavy atom. The average Bonchev–Trinajstić information content (AvgIpc) is 3.29. The van der Waals surface area contributed by atoms with Crippen molar-refractivity contribution in [1.29, 1.82) is 0 Å². The first kappa shape index (κ1) is 20.2. The van der Waals surface area contributed by atoms with E-state index in [0.29, 0.717) is 23.6 Å². The van der Waals surface area contributed by atoms with Crippen LogP contribution in [-0.4, -0.2) is 39.6 Å². The highest BCUT2D eigenvalue weighted by Crippen LogP contribution is 2.27. The molecule has 1 aliphatic rings. The van der Waals surface area contributed by atoms with Gasteiger partial charge in [0.1, 0.15) is 23.7 Å². The van der Waals surface area contributed by atoms with Gasteiger partial charge in [-0.05, 0) is 57.4 Å². The van der Waals surface area contributed by atoms with Crippen LogP contribution < -0.4 is 10.1 Å². The summed E-state index contributed by atoms with van der Waals surface area (Å²) in [5.74, 6) is 1.15. The van der Waals surface area contributed by atoms with E-state index in [9.17, 15) is 4.79 Å². The quantitative estimate of drug-likeness (QED) is 0.669. The van der Waals surface area contributed by atoms with Crippen molar-refractivity contribution in [3.05, 3.63) is 59.5 Å². The summed E-state index contributed by atoms with van der Waals surface area (Å²) in [6.45, 7) is 5.29. The normalized spacial score (nSPS) is 16.4. The number of hydrogen-bond donors (Lipinski definition) is 1. The number of para-hydroxylation sites is 2. The lowest BCUT2D eigenvalue weighted by Crippen LogP contribution is -2.26. The molecule has 0 aliphatic carbocycles. The van der Waals surface area contributed by atoms with Crippen LogP contribution in [0.25, 0.3) is 5.82 Å². The summed E-state index contributed by atoms with van der Waals surface area (Å²) in [5.41, 5.74) is 3.22. The Labute approximate surface area is 176 Å². The molecule has 3 aromatic rings. The van der Waals surface area contributed by atoms with E-state index in [1.165, 1.54) is 0 Å². The van der Waals surface area contributed by atoms with Gasteiger partial charge in [0.15, 0.2) is 0 Å². The SMILES string of the molecule is Cc1ccc(C)n1-c1c(C(=O)Nc2ccccc2OCC2CCCCO2)cnn1C. The standard InChI is InChI=1S/C23H28N4O3/c1-16-11-12-17(2)27(16)23-19(14-24-26(23)3)22(28)25-20-9-4-5-10-21(20)30-15-18-8-6-7-13-29-18/h4-5,9-12,14,18H,6-8,13,15H2,1-3H3,(H,25,28). The Balaban J connectivity index is 1.54. The van der Waals surface area contributed by atoms with E-state index in [-0.39, 0.29) is 12.0 Å². The number of ether oxygens (including phenoxy) is 2. The number of nitrogens with zero attached hydrogens (tertiary/aromatic N) is 3. The molecule has 1 saturated heterocycles. The Bertz CT molecular complexity index is 1010. The number of benzene rings is 1. The maximum atomic E-state index is 13.2. The minimum absolute atomic E-state index is 0.104. The van der Waals surface area contributed by atoms with Crippen molar-refractivity contribution < 1.29 is 14.3 Å². The third-order valence-corrected chi connectivity index (χ3v) is 5.47. The van der Waals surface area contributed by atoms with E-state index < -0.39 is 0 Å². The molecular formula is C23H28N4O3. The lowest BCUT2D eigenvalue weighted by Gasteiger charge is -2.23. The number of anilines is 1. The molecule has 1 aliphatic heterocycles. The molecular weight excluding hydrogens is 380 g/mol. The summed E-state index contributed by atoms with van der Waals surface area (Å²) in [6, 6.07) is 11.5. The van der Waals surface area contributed by atoms with Gasteiger partial charge in [-0.25, -0.2) is 0 Å². The van der Waals surface area contributed by atoms with Crippen molar-refractivity contribution in [2.45, 2.75) is 39.2 Å². The van der Waals surface area contributed by atoms with Crippen LogP contribution >= 0.6 is 0 Å². The van der Waals surface area contributed by atoms with E-state index >= 15 is 0 Å². The van der Waals surface area contributed by atoms with E-state index in [0.717, 1.165) is 43.1 Å². The fraction of sp³-hybridized carbons (Fsp3) is 0.391. The number of nitrogens with one attached hydrogen (secondary N) is 1. The minimum Gasteiger partial charge on any atom is -0.489 e. The van der Waals surface area contributed by atoms with E-state index in [1.54, 1.807) is 10.9 Å². The summed E-state index contributed by atoms with van der Waals surface area (Å²) < 4.78 is 15.5. The molecule has 1 amide bonds. The number of aryl methyl sites for hydroxylation is 3. The average molecular weight is 409 g/mol. The number of hydrogen-bond acceptors (Lipinski definition) is 4. The van der Waals surface area contributed by atoms with E-state index in [2.05, 4.69) is 10.4 Å². The molecule has 1 N–H and O–H groups in total. The van der Waals surface area contributed by atoms with Gasteiger partial charge in [-0.15, -0.1) is 0 Å². The second-order valence-corrected chi connectivity index (χ2v) is 7.71. The zero-order chi connectivity index (χ0) is 21.1. The molecule has 3 heterocycles. The summed E-state index contributed by atoms with van der Waals surface area (Å²) >= 11 is 0. The molecule has 7 nitrogen and oxygen atoms in total. The molecule has 1 fully saturated rings. The van der Waals surface area contributed by atoms with Crippen LogP contribution in [0.15, 0.2) is 42.6 Å². The first-order chi connectivity index (χ1) is 14.5. The maximum Gasteiger partial charge on any atom is 0.261 e. The molecule has 1 aromatic carbocycles. The zero-order valence-corrected chi connectivity index (χ0v) is 17.7. The third kappa shape index (κ3) is 4.11. The van der Waals surface area contributed by atoms with Crippen LogP contribution in [-0.2, 0) is 11.8 Å². The third-order valence-electron chi connectivity index (χ3n) is 5.47. The molecule has 7 heteroatoms. The van der Waals surface area contributed by atoms with Crippen molar-refractivity contribution >= 4 is 11.6 Å². The van der Waals surface area contributed by atoms with E-state index in [4.69, 9.17) is 9.47 Å². The second kappa shape index (κ2) is 8.75. The number of carbonyl (C=O) groups is 1. The lowest BCUT2D eigenvalue weighted by molar-refractivity contribution is -0.0109. The highest BCUT2D eigenvalue weighted by atomic mass is 16.5. The molecule has 0 bridgehead atoms. The lowest BCUT2D eigenvalue weighted by atomic mass is 10.1. The van der Waals surface area contributed by atoms with Gasteiger partial charge >= 0.3 is 0 Å². The molecule has 0 spiro atoms. The van der Waals surface area contributed by atoms with Crippen LogP contribution in [0.4, 0.5) is 5.69 Å². The van der Waals surface area contributed by atoms with Crippen LogP contribution in [0.3, 0.4) is 0 Å². The van der Waals surface area contributed by atoms with Crippen molar-refractivity contribution in [2.75, 3.05) is 18.5 Å². The molecule has 4 rings (SSSR count). The van der Waals surface area contributed by atoms with Gasteiger partial charge in [0.2, 0.25) is 0 Å². The van der Waals surface area contributed by atoms with Gasteiger partial charge in [-0.2, -0.15) is 5.10 Å². The zero-order valence-electron chi connectivity index (χ0n) is 17.7. The van der Waals surface area contributed by atoms with E-state index in [1.807, 2.05) is 61.9 Å². The van der Waals surface area contributed by atoms with Gasteiger partial charge in [0.25, 0.3) is 5.91 Å². The number of rotatable bonds is 6. The van der Waals surface area contributed by atoms with Gasteiger partial charge in [-0.3, -0.25) is 9.48 Å². The molecule has 1 unspecified atom stereocenters. The van der Waals surface area contributed by atoms with Crippen LogP contribution in [0.5, 0.6) is 5.75 Å². The summed E-state index contributed by atoms with van der Waals surface area (Å²) in [6.07, 6.45) is 4.98. The first-order valence-electron chi connectivity index (χ1n) is 10.4. The highest BCUT2D eigenvalue weighted by Gasteiger charge is 2.21. The van der Waals surface area contributed by atoms with Crippen LogP contribution in [0.1, 0.15) is 41.0 Å². The van der Waals surface area contributed by atoms with Crippen molar-refractivity contribution in [3.63, 3.8) is 0 Å². The summed E-state index contributed by atoms with van der Waals surface area (Å²) in [4.78, 5) is 13.2. The predicted molar refractivity (Wildman–Crippen MR) is 115 cm³/mol. The van der Waals surface area contributed by atoms with Crippen molar-refractivity contribution in [2.24, 2.45) is 7.05 Å². The largest absolute Gasteiger partial charge is 0.489 e. The first-order valence-corrected chi connectivity index (χ1v) is 10.4. The fourth-order valence-corrected chi connectivity index (χ4v) is 3.87. The molecule has 0 saturated carbocycles. The van der Waals surface area contributed by atoms with Crippen LogP contribution in [0, 0.1) is 13.8 Å². The maximum absolute atomic E-state index is 13.2. The second-order valence-electron chi connectivity index (χ2n) is 7.71. The smallest absolute Gasteiger partial charge is 0.261 e. The minimum atomic E-state index is -0.226. The Morgan fingerprint density at radius 2 is 1.97 bits per heavy atom. The number of aromatic nitrogens is 3. The topological polar surface area (TPSA) is 70.3 Å².